The lowest BCUT2D eigenvalue weighted by Gasteiger charge is -2.21. The first kappa shape index (κ1) is 19.6. The summed E-state index contributed by atoms with van der Waals surface area (Å²) in [6.07, 6.45) is 0. The molecule has 0 bridgehead atoms. The van der Waals surface area contributed by atoms with Gasteiger partial charge < -0.3 is 4.90 Å². The maximum atomic E-state index is 11.7. The fourth-order valence-corrected chi connectivity index (χ4v) is 4.24. The number of anilines is 1. The number of hydrogen-bond acceptors (Lipinski definition) is 5. The molecule has 3 aromatic carbocycles. The summed E-state index contributed by atoms with van der Waals surface area (Å²) in [7, 11) is -0.770. The molecule has 0 heterocycles. The Morgan fingerprint density at radius 3 is 1.66 bits per heavy atom. The van der Waals surface area contributed by atoms with E-state index in [9.17, 15) is 14.0 Å². The van der Waals surface area contributed by atoms with E-state index in [0.29, 0.717) is 16.7 Å². The zero-order valence-electron chi connectivity index (χ0n) is 16.0. The summed E-state index contributed by atoms with van der Waals surface area (Å²) in [5.74, 6) is 0. The molecular formula is C23H20ClNO4. The summed E-state index contributed by atoms with van der Waals surface area (Å²) in [4.78, 5) is 1.98. The zero-order valence-corrected chi connectivity index (χ0v) is 16.8. The first-order chi connectivity index (χ1) is 13.8. The van der Waals surface area contributed by atoms with Crippen LogP contribution in [0, 0.1) is 10.2 Å². The predicted octanol–water partition coefficient (Wildman–Crippen LogP) is 1.49. The molecule has 0 saturated heterocycles. The zero-order chi connectivity index (χ0) is 20.6. The normalized spacial score (nSPS) is 18.7. The summed E-state index contributed by atoms with van der Waals surface area (Å²) in [5.41, 5.74) is 3.12. The maximum absolute atomic E-state index is 11.7. The van der Waals surface area contributed by atoms with Crippen LogP contribution in [-0.4, -0.2) is 14.1 Å². The molecule has 1 unspecified atom stereocenters. The molecule has 29 heavy (non-hydrogen) atoms. The number of halogens is 1. The number of benzene rings is 3. The van der Waals surface area contributed by atoms with Crippen LogP contribution < -0.4 is 18.9 Å². The first-order valence-electron chi connectivity index (χ1n) is 9.08. The van der Waals surface area contributed by atoms with E-state index < -0.39 is 15.8 Å². The second kappa shape index (κ2) is 7.30. The van der Waals surface area contributed by atoms with Crippen molar-refractivity contribution >= 4 is 16.8 Å². The van der Waals surface area contributed by atoms with Gasteiger partial charge in [-0.05, 0) is 23.3 Å². The van der Waals surface area contributed by atoms with Crippen molar-refractivity contribution in [1.82, 2.24) is 0 Å². The third-order valence-electron chi connectivity index (χ3n) is 5.02. The largest absolute Gasteiger partial charge is 0.378 e. The number of rotatable bonds is 6. The molecule has 0 amide bonds. The van der Waals surface area contributed by atoms with E-state index >= 15 is 0 Å². The van der Waals surface area contributed by atoms with E-state index in [1.807, 2.05) is 79.7 Å². The van der Waals surface area contributed by atoms with E-state index in [2.05, 4.69) is 0 Å². The van der Waals surface area contributed by atoms with Crippen LogP contribution in [0.3, 0.4) is 0 Å². The summed E-state index contributed by atoms with van der Waals surface area (Å²) in [6.45, 7) is 0. The van der Waals surface area contributed by atoms with Gasteiger partial charge in [0, 0.05) is 36.5 Å². The van der Waals surface area contributed by atoms with E-state index in [1.165, 1.54) is 0 Å². The van der Waals surface area contributed by atoms with Crippen molar-refractivity contribution < 1.29 is 28.5 Å². The number of hydrogen-bond donors (Lipinski definition) is 0. The van der Waals surface area contributed by atoms with Gasteiger partial charge in [-0.2, -0.15) is 14.0 Å². The minimum atomic E-state index is -4.66. The Balaban J connectivity index is 1.90. The first-order valence-corrected chi connectivity index (χ1v) is 10.3. The summed E-state index contributed by atoms with van der Waals surface area (Å²) < 4.78 is 40.4. The van der Waals surface area contributed by atoms with Gasteiger partial charge in [-0.3, -0.25) is 0 Å². The van der Waals surface area contributed by atoms with Gasteiger partial charge >= 0.3 is 5.60 Å². The van der Waals surface area contributed by atoms with Gasteiger partial charge in [0.2, 0.25) is 0 Å². The summed E-state index contributed by atoms with van der Waals surface area (Å²) >= 11 is 0. The van der Waals surface area contributed by atoms with Crippen molar-refractivity contribution in [2.75, 3.05) is 19.0 Å². The van der Waals surface area contributed by atoms with Crippen LogP contribution in [0.5, 0.6) is 0 Å². The SMILES string of the molecule is CN(C)c1ccc(C2=C(c3ccccc3)C2(O[Cl+3]([O-])([O-])[O-])c2ccccc2)cc1. The maximum Gasteiger partial charge on any atom is 0.300 e. The number of nitrogens with zero attached hydrogens (tertiary/aromatic N) is 1. The molecule has 0 radical (unpaired) electrons. The summed E-state index contributed by atoms with van der Waals surface area (Å²) in [6, 6.07) is 26.1. The van der Waals surface area contributed by atoms with Crippen LogP contribution in [0.25, 0.3) is 11.1 Å². The molecule has 3 aromatic rings. The second-order valence-corrected chi connectivity index (χ2v) is 7.97. The third-order valence-corrected chi connectivity index (χ3v) is 5.44. The van der Waals surface area contributed by atoms with Gasteiger partial charge in [0.15, 0.2) is 0 Å². The van der Waals surface area contributed by atoms with Crippen LogP contribution in [0.2, 0.25) is 0 Å². The van der Waals surface area contributed by atoms with Crippen molar-refractivity contribution in [1.29, 1.82) is 0 Å². The molecule has 0 saturated carbocycles. The Labute approximate surface area is 171 Å². The van der Waals surface area contributed by atoms with Crippen molar-refractivity contribution in [2.45, 2.75) is 5.60 Å². The van der Waals surface area contributed by atoms with Gasteiger partial charge in [-0.25, -0.2) is 0 Å². The Bertz CT molecular complexity index is 1030. The van der Waals surface area contributed by atoms with Crippen LogP contribution in [-0.2, 0) is 9.89 Å². The van der Waals surface area contributed by atoms with Crippen LogP contribution >= 0.6 is 0 Å². The topological polar surface area (TPSA) is 81.7 Å². The monoisotopic (exact) mass is 409 g/mol. The minimum absolute atomic E-state index is 0.595. The Morgan fingerprint density at radius 2 is 1.17 bits per heavy atom. The lowest BCUT2D eigenvalue weighted by atomic mass is 9.96. The van der Waals surface area contributed by atoms with E-state index in [1.54, 1.807) is 24.3 Å². The highest BCUT2D eigenvalue weighted by Crippen LogP contribution is 2.65. The van der Waals surface area contributed by atoms with Gasteiger partial charge in [-0.15, -0.1) is 0 Å². The van der Waals surface area contributed by atoms with Crippen LogP contribution in [0.15, 0.2) is 84.9 Å². The molecule has 148 valence electrons. The molecule has 0 aromatic heterocycles. The highest BCUT2D eigenvalue weighted by atomic mass is 35.7. The quantitative estimate of drug-likeness (QED) is 0.616. The molecule has 4 rings (SSSR count). The smallest absolute Gasteiger partial charge is 0.300 e. The third kappa shape index (κ3) is 3.67. The average molecular weight is 410 g/mol. The van der Waals surface area contributed by atoms with Gasteiger partial charge in [0.1, 0.15) is 0 Å². The molecule has 0 aliphatic heterocycles. The van der Waals surface area contributed by atoms with E-state index in [4.69, 9.17) is 4.29 Å². The van der Waals surface area contributed by atoms with Gasteiger partial charge in [0.25, 0.3) is 0 Å². The molecule has 0 N–H and O–H groups in total. The van der Waals surface area contributed by atoms with E-state index in [-0.39, 0.29) is 0 Å². The van der Waals surface area contributed by atoms with Crippen LogP contribution in [0.4, 0.5) is 5.69 Å². The van der Waals surface area contributed by atoms with Gasteiger partial charge in [0.05, 0.1) is 14.5 Å². The lowest BCUT2D eigenvalue weighted by molar-refractivity contribution is -1.92. The molecular weight excluding hydrogens is 390 g/mol. The lowest BCUT2D eigenvalue weighted by Crippen LogP contribution is -2.62. The Morgan fingerprint density at radius 1 is 0.690 bits per heavy atom. The summed E-state index contributed by atoms with van der Waals surface area (Å²) in [5, 5.41) is 0. The molecule has 1 aliphatic rings. The molecule has 5 nitrogen and oxygen atoms in total. The molecule has 0 fully saturated rings. The van der Waals surface area contributed by atoms with Crippen molar-refractivity contribution in [3.8, 4) is 0 Å². The van der Waals surface area contributed by atoms with Crippen LogP contribution in [0.1, 0.15) is 16.7 Å². The van der Waals surface area contributed by atoms with Gasteiger partial charge in [-0.1, -0.05) is 72.8 Å². The van der Waals surface area contributed by atoms with Crippen molar-refractivity contribution in [3.63, 3.8) is 0 Å². The fourth-order valence-electron chi connectivity index (χ4n) is 3.72. The van der Waals surface area contributed by atoms with Crippen molar-refractivity contribution in [2.24, 2.45) is 0 Å². The average Bonchev–Trinajstić information content (AvgIpc) is 3.37. The Hall–Kier alpha value is -2.67. The molecule has 0 spiro atoms. The highest BCUT2D eigenvalue weighted by molar-refractivity contribution is 6.17. The van der Waals surface area contributed by atoms with Crippen molar-refractivity contribution in [3.05, 3.63) is 102 Å². The minimum Gasteiger partial charge on any atom is -0.378 e. The van der Waals surface area contributed by atoms with E-state index in [0.717, 1.165) is 16.8 Å². The molecule has 6 heteroatoms. The molecule has 1 aliphatic carbocycles. The standard InChI is InChI=1S/C23H20ClNO4/c1-25(2)20-15-13-18(14-16-20)22-21(17-9-5-3-6-10-17)23(22,29-24(26,27)28)19-11-7-4-8-12-19/h3-16H,1-2H3. The fraction of sp³-hybridized carbons (Fsp3) is 0.130. The predicted molar refractivity (Wildman–Crippen MR) is 103 cm³/mol. The second-order valence-electron chi connectivity index (χ2n) is 7.06. The molecule has 1 atom stereocenters. The highest BCUT2D eigenvalue weighted by Gasteiger charge is 2.67. The Kier molecular flexibility index (Phi) is 4.94.